The molecule has 15 heavy (non-hydrogen) atoms. The second-order valence-corrected chi connectivity index (χ2v) is 4.05. The largest absolute Gasteiger partial charge is 0.330 e. The van der Waals surface area contributed by atoms with E-state index in [9.17, 15) is 13.2 Å². The molecule has 0 aromatic carbocycles. The number of pyridine rings is 1. The summed E-state index contributed by atoms with van der Waals surface area (Å²) in [5.74, 6) is -3.16. The van der Waals surface area contributed by atoms with E-state index in [4.69, 9.17) is 5.73 Å². The molecule has 0 bridgehead atoms. The molecule has 1 aliphatic carbocycles. The monoisotopic (exact) mass is 216 g/mol. The van der Waals surface area contributed by atoms with Crippen LogP contribution in [0.15, 0.2) is 18.3 Å². The van der Waals surface area contributed by atoms with Gasteiger partial charge >= 0.3 is 0 Å². The van der Waals surface area contributed by atoms with E-state index in [1.54, 1.807) is 0 Å². The first-order valence-corrected chi connectivity index (χ1v) is 4.67. The van der Waals surface area contributed by atoms with Crippen molar-refractivity contribution in [2.45, 2.75) is 24.2 Å². The minimum atomic E-state index is -2.69. The molecule has 5 heteroatoms. The molecule has 0 aliphatic heterocycles. The van der Waals surface area contributed by atoms with Gasteiger partial charge in [-0.2, -0.15) is 0 Å². The van der Waals surface area contributed by atoms with Gasteiger partial charge in [0, 0.05) is 31.0 Å². The summed E-state index contributed by atoms with van der Waals surface area (Å²) in [5, 5.41) is 0. The van der Waals surface area contributed by atoms with Crippen LogP contribution >= 0.6 is 0 Å². The normalized spacial score (nSPS) is 22.1. The van der Waals surface area contributed by atoms with E-state index in [0.29, 0.717) is 5.69 Å². The summed E-state index contributed by atoms with van der Waals surface area (Å²) >= 11 is 0. The maximum absolute atomic E-state index is 12.9. The molecule has 1 aromatic heterocycles. The Morgan fingerprint density at radius 1 is 1.40 bits per heavy atom. The Labute approximate surface area is 85.3 Å². The molecule has 0 radical (unpaired) electrons. The van der Waals surface area contributed by atoms with E-state index < -0.39 is 17.2 Å². The van der Waals surface area contributed by atoms with Crippen molar-refractivity contribution in [1.82, 2.24) is 4.98 Å². The number of nitrogens with zero attached hydrogens (tertiary/aromatic N) is 1. The summed E-state index contributed by atoms with van der Waals surface area (Å²) in [4.78, 5) is 3.92. The van der Waals surface area contributed by atoms with Gasteiger partial charge in [0.1, 0.15) is 5.82 Å². The molecule has 82 valence electrons. The summed E-state index contributed by atoms with van der Waals surface area (Å²) in [6, 6.07) is 2.37. The Hall–Kier alpha value is -1.10. The Bertz CT molecular complexity index is 371. The molecule has 0 spiro atoms. The van der Waals surface area contributed by atoms with Crippen molar-refractivity contribution in [2.24, 2.45) is 5.73 Å². The first-order valence-electron chi connectivity index (χ1n) is 4.67. The van der Waals surface area contributed by atoms with E-state index >= 15 is 0 Å². The van der Waals surface area contributed by atoms with Crippen LogP contribution < -0.4 is 5.73 Å². The lowest BCUT2D eigenvalue weighted by molar-refractivity contribution is -0.125. The summed E-state index contributed by atoms with van der Waals surface area (Å²) in [5.41, 5.74) is 4.96. The third-order valence-electron chi connectivity index (χ3n) is 2.85. The fraction of sp³-hybridized carbons (Fsp3) is 0.500. The average molecular weight is 216 g/mol. The highest BCUT2D eigenvalue weighted by Gasteiger charge is 2.57. The van der Waals surface area contributed by atoms with Crippen LogP contribution in [-0.4, -0.2) is 17.5 Å². The smallest absolute Gasteiger partial charge is 0.250 e. The molecular weight excluding hydrogens is 205 g/mol. The molecule has 2 nitrogen and oxygen atoms in total. The van der Waals surface area contributed by atoms with Crippen LogP contribution in [0.2, 0.25) is 0 Å². The van der Waals surface area contributed by atoms with Crippen molar-refractivity contribution in [3.63, 3.8) is 0 Å². The number of halogens is 3. The number of aromatic nitrogens is 1. The van der Waals surface area contributed by atoms with Gasteiger partial charge in [-0.05, 0) is 12.1 Å². The van der Waals surface area contributed by atoms with Gasteiger partial charge in [-0.25, -0.2) is 13.2 Å². The van der Waals surface area contributed by atoms with Crippen LogP contribution in [0.1, 0.15) is 18.5 Å². The second-order valence-electron chi connectivity index (χ2n) is 4.05. The first kappa shape index (κ1) is 10.4. The van der Waals surface area contributed by atoms with Crippen molar-refractivity contribution in [3.8, 4) is 0 Å². The van der Waals surface area contributed by atoms with E-state index in [1.165, 1.54) is 18.3 Å². The first-order chi connectivity index (χ1) is 6.97. The van der Waals surface area contributed by atoms with Gasteiger partial charge in [-0.15, -0.1) is 0 Å². The minimum Gasteiger partial charge on any atom is -0.330 e. The molecule has 0 atom stereocenters. The summed E-state index contributed by atoms with van der Waals surface area (Å²) in [6.45, 7) is 0.0685. The molecular formula is C10H11F3N2. The minimum absolute atomic E-state index is 0.0685. The predicted molar refractivity (Wildman–Crippen MR) is 49.1 cm³/mol. The van der Waals surface area contributed by atoms with Gasteiger partial charge in [0.2, 0.25) is 5.92 Å². The molecule has 1 fully saturated rings. The number of hydrogen-bond acceptors (Lipinski definition) is 2. The predicted octanol–water partition coefficient (Wildman–Crippen LogP) is 1.85. The lowest BCUT2D eigenvalue weighted by Crippen LogP contribution is -2.54. The van der Waals surface area contributed by atoms with Crippen LogP contribution in [-0.2, 0) is 5.41 Å². The molecule has 1 saturated carbocycles. The lowest BCUT2D eigenvalue weighted by Gasteiger charge is -2.46. The third-order valence-corrected chi connectivity index (χ3v) is 2.85. The Morgan fingerprint density at radius 2 is 2.07 bits per heavy atom. The molecule has 0 unspecified atom stereocenters. The van der Waals surface area contributed by atoms with E-state index in [2.05, 4.69) is 4.98 Å². The van der Waals surface area contributed by atoms with Crippen molar-refractivity contribution in [3.05, 3.63) is 29.8 Å². The Kier molecular flexibility index (Phi) is 2.22. The SMILES string of the molecule is NCC1(c2cc(F)ccn2)CC(F)(F)C1. The number of nitrogens with two attached hydrogens (primary N) is 1. The van der Waals surface area contributed by atoms with Crippen LogP contribution in [0, 0.1) is 5.82 Å². The quantitative estimate of drug-likeness (QED) is 0.819. The number of alkyl halides is 2. The highest BCUT2D eigenvalue weighted by atomic mass is 19.3. The van der Waals surface area contributed by atoms with Crippen molar-refractivity contribution >= 4 is 0 Å². The topological polar surface area (TPSA) is 38.9 Å². The Morgan fingerprint density at radius 3 is 2.53 bits per heavy atom. The zero-order chi connectivity index (χ0) is 11.1. The Balaban J connectivity index is 2.29. The number of rotatable bonds is 2. The zero-order valence-electron chi connectivity index (χ0n) is 8.01. The fourth-order valence-corrected chi connectivity index (χ4v) is 2.06. The fourth-order valence-electron chi connectivity index (χ4n) is 2.06. The summed E-state index contributed by atoms with van der Waals surface area (Å²) < 4.78 is 38.6. The number of hydrogen-bond donors (Lipinski definition) is 1. The lowest BCUT2D eigenvalue weighted by atomic mass is 9.64. The van der Waals surface area contributed by atoms with Crippen molar-refractivity contribution < 1.29 is 13.2 Å². The van der Waals surface area contributed by atoms with Crippen LogP contribution in [0.3, 0.4) is 0 Å². The van der Waals surface area contributed by atoms with Crippen LogP contribution in [0.4, 0.5) is 13.2 Å². The molecule has 2 rings (SSSR count). The second kappa shape index (κ2) is 3.20. The summed E-state index contributed by atoms with van der Waals surface area (Å²) in [6.07, 6.45) is 0.596. The molecule has 1 aromatic rings. The standard InChI is InChI=1S/C10H11F3N2/c11-7-1-2-15-8(3-7)9(6-14)4-10(12,13)5-9/h1-3H,4-6,14H2. The van der Waals surface area contributed by atoms with E-state index in [0.717, 1.165) is 0 Å². The molecule has 1 heterocycles. The maximum atomic E-state index is 12.9. The molecule has 0 amide bonds. The zero-order valence-corrected chi connectivity index (χ0v) is 8.01. The van der Waals surface area contributed by atoms with Crippen molar-refractivity contribution in [1.29, 1.82) is 0 Å². The van der Waals surface area contributed by atoms with Gasteiger partial charge in [-0.1, -0.05) is 0 Å². The van der Waals surface area contributed by atoms with Gasteiger partial charge in [0.25, 0.3) is 0 Å². The highest BCUT2D eigenvalue weighted by Crippen LogP contribution is 2.52. The van der Waals surface area contributed by atoms with Gasteiger partial charge < -0.3 is 5.73 Å². The van der Waals surface area contributed by atoms with Crippen LogP contribution in [0.25, 0.3) is 0 Å². The van der Waals surface area contributed by atoms with Gasteiger partial charge in [-0.3, -0.25) is 4.98 Å². The van der Waals surface area contributed by atoms with E-state index in [-0.39, 0.29) is 19.4 Å². The van der Waals surface area contributed by atoms with Gasteiger partial charge in [0.15, 0.2) is 0 Å². The van der Waals surface area contributed by atoms with E-state index in [1.807, 2.05) is 0 Å². The molecule has 0 saturated heterocycles. The highest BCUT2D eigenvalue weighted by molar-refractivity contribution is 5.25. The third kappa shape index (κ3) is 1.71. The average Bonchev–Trinajstić information content (AvgIpc) is 2.13. The molecule has 1 aliphatic rings. The summed E-state index contributed by atoms with van der Waals surface area (Å²) in [7, 11) is 0. The maximum Gasteiger partial charge on any atom is 0.250 e. The van der Waals surface area contributed by atoms with Crippen LogP contribution in [0.5, 0.6) is 0 Å². The molecule has 2 N–H and O–H groups in total. The van der Waals surface area contributed by atoms with Crippen molar-refractivity contribution in [2.75, 3.05) is 6.54 Å². The van der Waals surface area contributed by atoms with Gasteiger partial charge in [0.05, 0.1) is 5.69 Å².